The Labute approximate surface area is 178 Å². The maximum atomic E-state index is 12.9. The molecule has 0 bridgehead atoms. The predicted molar refractivity (Wildman–Crippen MR) is 118 cm³/mol. The third kappa shape index (κ3) is 4.13. The molecule has 1 amide bonds. The number of hydrogen-bond acceptors (Lipinski definition) is 5. The number of benzene rings is 2. The number of fused-ring (bicyclic) bond motifs is 1. The summed E-state index contributed by atoms with van der Waals surface area (Å²) >= 11 is 0. The summed E-state index contributed by atoms with van der Waals surface area (Å²) in [6.07, 6.45) is 3.22. The van der Waals surface area contributed by atoms with Crippen LogP contribution in [0.4, 0.5) is 5.69 Å². The molecule has 0 atom stereocenters. The summed E-state index contributed by atoms with van der Waals surface area (Å²) in [5.41, 5.74) is 3.42. The normalized spacial score (nSPS) is 10.8. The van der Waals surface area contributed by atoms with Crippen molar-refractivity contribution in [2.24, 2.45) is 0 Å². The predicted octanol–water partition coefficient (Wildman–Crippen LogP) is 3.13. The lowest BCUT2D eigenvalue weighted by Gasteiger charge is -2.11. The molecular formula is C23H22N4O4. The zero-order valence-corrected chi connectivity index (χ0v) is 17.5. The van der Waals surface area contributed by atoms with Crippen molar-refractivity contribution in [3.05, 3.63) is 76.8 Å². The molecule has 4 aromatic rings. The van der Waals surface area contributed by atoms with Gasteiger partial charge in [-0.2, -0.15) is 5.10 Å². The van der Waals surface area contributed by atoms with Crippen molar-refractivity contribution >= 4 is 17.1 Å². The minimum atomic E-state index is -0.336. The number of aryl methyl sites for hydroxylation is 1. The molecule has 8 heteroatoms. The highest BCUT2D eigenvalue weighted by molar-refractivity contribution is 5.91. The molecule has 0 aliphatic carbocycles. The Morgan fingerprint density at radius 2 is 1.74 bits per heavy atom. The van der Waals surface area contributed by atoms with Gasteiger partial charge in [-0.3, -0.25) is 9.59 Å². The molecule has 2 aromatic carbocycles. The van der Waals surface area contributed by atoms with Crippen molar-refractivity contribution in [2.45, 2.75) is 13.5 Å². The Morgan fingerprint density at radius 3 is 2.45 bits per heavy atom. The topological polar surface area (TPSA) is 86.9 Å². The molecule has 0 unspecified atom stereocenters. The first-order chi connectivity index (χ1) is 15.0. The van der Waals surface area contributed by atoms with Crippen LogP contribution in [0.5, 0.6) is 11.5 Å². The molecule has 0 fully saturated rings. The molecule has 0 saturated heterocycles. The molecule has 158 valence electrons. The van der Waals surface area contributed by atoms with E-state index in [0.29, 0.717) is 28.4 Å². The lowest BCUT2D eigenvalue weighted by molar-refractivity contribution is -0.116. The minimum absolute atomic E-state index is 0.130. The lowest BCUT2D eigenvalue weighted by Crippen LogP contribution is -2.28. The number of methoxy groups -OCH3 is 2. The minimum Gasteiger partial charge on any atom is -0.493 e. The smallest absolute Gasteiger partial charge is 0.277 e. The van der Waals surface area contributed by atoms with Crippen LogP contribution >= 0.6 is 0 Å². The van der Waals surface area contributed by atoms with Crippen molar-refractivity contribution in [2.75, 3.05) is 19.5 Å². The Balaban J connectivity index is 1.56. The van der Waals surface area contributed by atoms with Gasteiger partial charge in [-0.25, -0.2) is 4.52 Å². The summed E-state index contributed by atoms with van der Waals surface area (Å²) in [7, 11) is 3.06. The van der Waals surface area contributed by atoms with E-state index in [1.54, 1.807) is 43.8 Å². The van der Waals surface area contributed by atoms with Gasteiger partial charge in [0.25, 0.3) is 5.56 Å². The van der Waals surface area contributed by atoms with Crippen LogP contribution < -0.4 is 20.3 Å². The summed E-state index contributed by atoms with van der Waals surface area (Å²) in [5.74, 6) is 0.728. The fourth-order valence-electron chi connectivity index (χ4n) is 3.29. The second kappa shape index (κ2) is 8.35. The number of nitrogens with one attached hydrogen (secondary N) is 1. The van der Waals surface area contributed by atoms with Gasteiger partial charge in [-0.1, -0.05) is 29.8 Å². The van der Waals surface area contributed by atoms with E-state index < -0.39 is 0 Å². The SMILES string of the molecule is COc1ccc(NC(=O)Cn2ccn3nc(-c4ccc(C)cc4)cc3c2=O)cc1OC. The first-order valence-electron chi connectivity index (χ1n) is 9.66. The van der Waals surface area contributed by atoms with Crippen LogP contribution in [0.15, 0.2) is 65.7 Å². The van der Waals surface area contributed by atoms with E-state index >= 15 is 0 Å². The van der Waals surface area contributed by atoms with Gasteiger partial charge in [-0.05, 0) is 25.1 Å². The van der Waals surface area contributed by atoms with E-state index in [1.807, 2.05) is 31.2 Å². The van der Waals surface area contributed by atoms with E-state index in [-0.39, 0.29) is 18.0 Å². The highest BCUT2D eigenvalue weighted by Crippen LogP contribution is 2.29. The molecule has 1 N–H and O–H groups in total. The fraction of sp³-hybridized carbons (Fsp3) is 0.174. The van der Waals surface area contributed by atoms with Crippen LogP contribution in [-0.4, -0.2) is 34.3 Å². The lowest BCUT2D eigenvalue weighted by atomic mass is 10.1. The second-order valence-corrected chi connectivity index (χ2v) is 7.07. The van der Waals surface area contributed by atoms with Gasteiger partial charge in [0.1, 0.15) is 12.1 Å². The van der Waals surface area contributed by atoms with Gasteiger partial charge >= 0.3 is 0 Å². The first kappa shape index (κ1) is 20.2. The number of hydrogen-bond donors (Lipinski definition) is 1. The molecule has 0 spiro atoms. The second-order valence-electron chi connectivity index (χ2n) is 7.07. The zero-order valence-electron chi connectivity index (χ0n) is 17.5. The monoisotopic (exact) mass is 418 g/mol. The van der Waals surface area contributed by atoms with E-state index in [0.717, 1.165) is 11.1 Å². The number of carbonyl (C=O) groups excluding carboxylic acids is 1. The summed E-state index contributed by atoms with van der Waals surface area (Å²) in [5, 5.41) is 7.25. The van der Waals surface area contributed by atoms with Crippen molar-refractivity contribution in [3.8, 4) is 22.8 Å². The van der Waals surface area contributed by atoms with Crippen molar-refractivity contribution in [1.82, 2.24) is 14.2 Å². The van der Waals surface area contributed by atoms with Crippen LogP contribution in [0.25, 0.3) is 16.8 Å². The number of aromatic nitrogens is 3. The Kier molecular flexibility index (Phi) is 5.44. The van der Waals surface area contributed by atoms with Crippen molar-refractivity contribution in [3.63, 3.8) is 0 Å². The summed E-state index contributed by atoms with van der Waals surface area (Å²) in [6, 6.07) is 14.7. The Bertz CT molecular complexity index is 1310. The average Bonchev–Trinajstić information content (AvgIpc) is 3.21. The third-order valence-electron chi connectivity index (χ3n) is 4.93. The summed E-state index contributed by atoms with van der Waals surface area (Å²) < 4.78 is 13.3. The van der Waals surface area contributed by atoms with Crippen LogP contribution in [0.1, 0.15) is 5.56 Å². The molecule has 0 aliphatic rings. The molecule has 2 heterocycles. The highest BCUT2D eigenvalue weighted by Gasteiger charge is 2.12. The number of amides is 1. The van der Waals surface area contributed by atoms with Gasteiger partial charge in [0.15, 0.2) is 11.5 Å². The van der Waals surface area contributed by atoms with Gasteiger partial charge < -0.3 is 19.4 Å². The number of carbonyl (C=O) groups is 1. The van der Waals surface area contributed by atoms with Crippen molar-refractivity contribution < 1.29 is 14.3 Å². The molecular weight excluding hydrogens is 396 g/mol. The number of rotatable bonds is 6. The van der Waals surface area contributed by atoms with E-state index in [2.05, 4.69) is 10.4 Å². The molecule has 4 rings (SSSR count). The van der Waals surface area contributed by atoms with Crippen LogP contribution in [-0.2, 0) is 11.3 Å². The fourth-order valence-corrected chi connectivity index (χ4v) is 3.29. The Morgan fingerprint density at radius 1 is 1.00 bits per heavy atom. The standard InChI is InChI=1S/C23H22N4O4/c1-15-4-6-16(7-5-15)18-13-19-23(29)26(10-11-27(19)25-18)14-22(28)24-17-8-9-20(30-2)21(12-17)31-3/h4-13H,14H2,1-3H3,(H,24,28). The zero-order chi connectivity index (χ0) is 22.0. The number of nitrogens with zero attached hydrogens (tertiary/aromatic N) is 3. The van der Waals surface area contributed by atoms with E-state index in [9.17, 15) is 9.59 Å². The van der Waals surface area contributed by atoms with Gasteiger partial charge in [0.05, 0.1) is 19.9 Å². The summed E-state index contributed by atoms with van der Waals surface area (Å²) in [4.78, 5) is 25.4. The van der Waals surface area contributed by atoms with Crippen LogP contribution in [0, 0.1) is 6.92 Å². The molecule has 31 heavy (non-hydrogen) atoms. The average molecular weight is 418 g/mol. The number of ether oxygens (including phenoxy) is 2. The molecule has 0 aliphatic heterocycles. The van der Waals surface area contributed by atoms with Crippen LogP contribution in [0.3, 0.4) is 0 Å². The first-order valence-corrected chi connectivity index (χ1v) is 9.66. The van der Waals surface area contributed by atoms with Crippen LogP contribution in [0.2, 0.25) is 0 Å². The van der Waals surface area contributed by atoms with E-state index in [1.165, 1.54) is 16.2 Å². The third-order valence-corrected chi connectivity index (χ3v) is 4.93. The molecule has 2 aromatic heterocycles. The van der Waals surface area contributed by atoms with Gasteiger partial charge in [-0.15, -0.1) is 0 Å². The molecule has 0 radical (unpaired) electrons. The quantitative estimate of drug-likeness (QED) is 0.520. The molecule has 0 saturated carbocycles. The maximum Gasteiger partial charge on any atom is 0.277 e. The van der Waals surface area contributed by atoms with Crippen molar-refractivity contribution in [1.29, 1.82) is 0 Å². The van der Waals surface area contributed by atoms with Gasteiger partial charge in [0.2, 0.25) is 5.91 Å². The summed E-state index contributed by atoms with van der Waals surface area (Å²) in [6.45, 7) is 1.88. The van der Waals surface area contributed by atoms with Gasteiger partial charge in [0, 0.05) is 29.7 Å². The largest absolute Gasteiger partial charge is 0.493 e. The number of anilines is 1. The highest BCUT2D eigenvalue weighted by atomic mass is 16.5. The maximum absolute atomic E-state index is 12.9. The van der Waals surface area contributed by atoms with E-state index in [4.69, 9.17) is 9.47 Å². The molecule has 8 nitrogen and oxygen atoms in total. The Hall–Kier alpha value is -4.07.